The molecule has 0 fully saturated rings. The van der Waals surface area contributed by atoms with Gasteiger partial charge in [0.2, 0.25) is 5.43 Å². The van der Waals surface area contributed by atoms with E-state index in [0.717, 1.165) is 36.7 Å². The molecule has 1 heterocycles. The summed E-state index contributed by atoms with van der Waals surface area (Å²) in [5, 5.41) is 4.93. The molecule has 1 aromatic heterocycles. The van der Waals surface area contributed by atoms with Crippen molar-refractivity contribution >= 4 is 10.9 Å². The quantitative estimate of drug-likeness (QED) is 0.819. The Bertz CT molecular complexity index is 575. The maximum atomic E-state index is 11.7. The fourth-order valence-electron chi connectivity index (χ4n) is 2.07. The minimum atomic E-state index is -0.0163. The standard InChI is InChI=1S/C14H19N3O/c1-11(15)6-4-5-9-17-13-8-3-2-7-12(13)14(18)10-16-17/h2-3,7-8,10-11H,4-6,9,15H2,1H3. The highest BCUT2D eigenvalue weighted by molar-refractivity contribution is 5.77. The third-order valence-electron chi connectivity index (χ3n) is 3.04. The van der Waals surface area contributed by atoms with E-state index in [4.69, 9.17) is 5.73 Å². The zero-order valence-electron chi connectivity index (χ0n) is 10.7. The number of hydrogen-bond acceptors (Lipinski definition) is 3. The molecule has 4 heteroatoms. The molecule has 0 saturated carbocycles. The maximum absolute atomic E-state index is 11.7. The van der Waals surface area contributed by atoms with Gasteiger partial charge in [0.1, 0.15) is 0 Å². The molecule has 0 aliphatic rings. The molecule has 2 aromatic rings. The van der Waals surface area contributed by atoms with E-state index in [2.05, 4.69) is 5.10 Å². The first-order chi connectivity index (χ1) is 8.68. The number of aryl methyl sites for hydroxylation is 1. The van der Waals surface area contributed by atoms with E-state index in [0.29, 0.717) is 0 Å². The number of hydrogen-bond donors (Lipinski definition) is 1. The van der Waals surface area contributed by atoms with Crippen LogP contribution in [0.15, 0.2) is 35.3 Å². The molecule has 0 saturated heterocycles. The van der Waals surface area contributed by atoms with E-state index in [9.17, 15) is 4.79 Å². The maximum Gasteiger partial charge on any atom is 0.207 e. The summed E-state index contributed by atoms with van der Waals surface area (Å²) < 4.78 is 1.90. The topological polar surface area (TPSA) is 60.9 Å². The highest BCUT2D eigenvalue weighted by atomic mass is 16.1. The Balaban J connectivity index is 2.14. The lowest BCUT2D eigenvalue weighted by Crippen LogP contribution is -2.15. The van der Waals surface area contributed by atoms with Crippen LogP contribution >= 0.6 is 0 Å². The molecule has 0 amide bonds. The lowest BCUT2D eigenvalue weighted by molar-refractivity contribution is 0.525. The Morgan fingerprint density at radius 3 is 2.89 bits per heavy atom. The number of rotatable bonds is 5. The van der Waals surface area contributed by atoms with Gasteiger partial charge >= 0.3 is 0 Å². The normalized spacial score (nSPS) is 12.8. The number of nitrogens with two attached hydrogens (primary N) is 1. The van der Waals surface area contributed by atoms with Gasteiger partial charge in [0.15, 0.2) is 0 Å². The largest absolute Gasteiger partial charge is 0.328 e. The molecule has 1 unspecified atom stereocenters. The van der Waals surface area contributed by atoms with E-state index in [1.54, 1.807) is 0 Å². The lowest BCUT2D eigenvalue weighted by Gasteiger charge is -2.09. The van der Waals surface area contributed by atoms with Gasteiger partial charge in [-0.05, 0) is 31.9 Å². The highest BCUT2D eigenvalue weighted by Crippen LogP contribution is 2.09. The van der Waals surface area contributed by atoms with Crippen LogP contribution in [0.25, 0.3) is 10.9 Å². The van der Waals surface area contributed by atoms with Gasteiger partial charge in [0.25, 0.3) is 0 Å². The van der Waals surface area contributed by atoms with E-state index >= 15 is 0 Å². The zero-order valence-corrected chi connectivity index (χ0v) is 10.7. The van der Waals surface area contributed by atoms with Crippen molar-refractivity contribution in [3.05, 3.63) is 40.7 Å². The predicted molar refractivity (Wildman–Crippen MR) is 73.5 cm³/mol. The fraction of sp³-hybridized carbons (Fsp3) is 0.429. The minimum absolute atomic E-state index is 0.0163. The second kappa shape index (κ2) is 5.78. The summed E-state index contributed by atoms with van der Waals surface area (Å²) in [6.45, 7) is 2.85. The fourth-order valence-corrected chi connectivity index (χ4v) is 2.07. The van der Waals surface area contributed by atoms with Crippen molar-refractivity contribution in [3.63, 3.8) is 0 Å². The molecule has 4 nitrogen and oxygen atoms in total. The number of unbranched alkanes of at least 4 members (excludes halogenated alkanes) is 1. The summed E-state index contributed by atoms with van der Waals surface area (Å²) in [6, 6.07) is 7.85. The van der Waals surface area contributed by atoms with Crippen LogP contribution in [0, 0.1) is 0 Å². The second-order valence-corrected chi connectivity index (χ2v) is 4.72. The van der Waals surface area contributed by atoms with Gasteiger partial charge in [0, 0.05) is 18.0 Å². The molecule has 0 radical (unpaired) electrons. The van der Waals surface area contributed by atoms with Crippen LogP contribution in [0.5, 0.6) is 0 Å². The SMILES string of the molecule is CC(N)CCCCn1ncc(=O)c2ccccc21. The first-order valence-corrected chi connectivity index (χ1v) is 6.39. The van der Waals surface area contributed by atoms with Crippen molar-refractivity contribution in [2.45, 2.75) is 38.8 Å². The average Bonchev–Trinajstić information content (AvgIpc) is 2.37. The summed E-state index contributed by atoms with van der Waals surface area (Å²) in [4.78, 5) is 11.7. The molecule has 0 aliphatic carbocycles. The first kappa shape index (κ1) is 12.8. The summed E-state index contributed by atoms with van der Waals surface area (Å²) in [7, 11) is 0. The van der Waals surface area contributed by atoms with Crippen LogP contribution in [-0.4, -0.2) is 15.8 Å². The molecular weight excluding hydrogens is 226 g/mol. The van der Waals surface area contributed by atoms with Crippen molar-refractivity contribution in [3.8, 4) is 0 Å². The van der Waals surface area contributed by atoms with Crippen molar-refractivity contribution in [2.24, 2.45) is 5.73 Å². The average molecular weight is 245 g/mol. The molecule has 0 spiro atoms. The van der Waals surface area contributed by atoms with E-state index in [-0.39, 0.29) is 11.5 Å². The number of aromatic nitrogens is 2. The summed E-state index contributed by atoms with van der Waals surface area (Å²) in [6.07, 6.45) is 4.53. The van der Waals surface area contributed by atoms with Gasteiger partial charge in [0.05, 0.1) is 11.7 Å². The van der Waals surface area contributed by atoms with Crippen LogP contribution in [0.2, 0.25) is 0 Å². The Labute approximate surface area is 106 Å². The summed E-state index contributed by atoms with van der Waals surface area (Å²) >= 11 is 0. The van der Waals surface area contributed by atoms with Gasteiger partial charge in [-0.1, -0.05) is 18.6 Å². The van der Waals surface area contributed by atoms with E-state index < -0.39 is 0 Å². The number of para-hydroxylation sites is 1. The molecule has 96 valence electrons. The van der Waals surface area contributed by atoms with Crippen LogP contribution < -0.4 is 11.2 Å². The Kier molecular flexibility index (Phi) is 4.10. The smallest absolute Gasteiger partial charge is 0.207 e. The molecule has 2 N–H and O–H groups in total. The zero-order chi connectivity index (χ0) is 13.0. The van der Waals surface area contributed by atoms with Gasteiger partial charge in [-0.2, -0.15) is 5.10 Å². The molecule has 18 heavy (non-hydrogen) atoms. The van der Waals surface area contributed by atoms with E-state index in [1.165, 1.54) is 6.20 Å². The molecular formula is C14H19N3O. The van der Waals surface area contributed by atoms with Gasteiger partial charge in [-0.3, -0.25) is 9.48 Å². The molecule has 1 aromatic carbocycles. The Hall–Kier alpha value is -1.68. The molecule has 2 rings (SSSR count). The lowest BCUT2D eigenvalue weighted by atomic mass is 10.1. The number of benzene rings is 1. The molecule has 0 aliphatic heterocycles. The van der Waals surface area contributed by atoms with Gasteiger partial charge in [-0.15, -0.1) is 0 Å². The Morgan fingerprint density at radius 2 is 2.11 bits per heavy atom. The van der Waals surface area contributed by atoms with Gasteiger partial charge in [-0.25, -0.2) is 0 Å². The molecule has 0 bridgehead atoms. The van der Waals surface area contributed by atoms with Crippen molar-refractivity contribution in [1.29, 1.82) is 0 Å². The van der Waals surface area contributed by atoms with Gasteiger partial charge < -0.3 is 5.73 Å². The predicted octanol–water partition coefficient (Wildman–Crippen LogP) is 1.91. The summed E-state index contributed by atoms with van der Waals surface area (Å²) in [5.41, 5.74) is 6.61. The molecule has 1 atom stereocenters. The third-order valence-corrected chi connectivity index (χ3v) is 3.04. The third kappa shape index (κ3) is 2.96. The minimum Gasteiger partial charge on any atom is -0.328 e. The van der Waals surface area contributed by atoms with Crippen LogP contribution in [0.3, 0.4) is 0 Å². The van der Waals surface area contributed by atoms with Crippen molar-refractivity contribution in [2.75, 3.05) is 0 Å². The highest BCUT2D eigenvalue weighted by Gasteiger charge is 2.03. The number of fused-ring (bicyclic) bond motifs is 1. The van der Waals surface area contributed by atoms with E-state index in [1.807, 2.05) is 35.9 Å². The monoisotopic (exact) mass is 245 g/mol. The van der Waals surface area contributed by atoms with Crippen molar-refractivity contribution in [1.82, 2.24) is 9.78 Å². The first-order valence-electron chi connectivity index (χ1n) is 6.39. The second-order valence-electron chi connectivity index (χ2n) is 4.72. The van der Waals surface area contributed by atoms with Crippen LogP contribution in [0.4, 0.5) is 0 Å². The van der Waals surface area contributed by atoms with Crippen molar-refractivity contribution < 1.29 is 0 Å². The Morgan fingerprint density at radius 1 is 1.33 bits per heavy atom. The number of nitrogens with zero attached hydrogens (tertiary/aromatic N) is 2. The van der Waals surface area contributed by atoms with Crippen LogP contribution in [0.1, 0.15) is 26.2 Å². The van der Waals surface area contributed by atoms with Crippen LogP contribution in [-0.2, 0) is 6.54 Å². The summed E-state index contributed by atoms with van der Waals surface area (Å²) in [5.74, 6) is 0.